The molecule has 0 aromatic rings. The van der Waals surface area contributed by atoms with Crippen molar-refractivity contribution in [1.82, 2.24) is 0 Å². The predicted molar refractivity (Wildman–Crippen MR) is 92.7 cm³/mol. The van der Waals surface area contributed by atoms with Crippen LogP contribution in [-0.2, 0) is 17.7 Å². The van der Waals surface area contributed by atoms with Crippen LogP contribution in [0.2, 0.25) is 45.8 Å². The van der Waals surface area contributed by atoms with Gasteiger partial charge in [0.1, 0.15) is 6.10 Å². The third kappa shape index (κ3) is 14.9. The maximum Gasteiger partial charge on any atom is 0.310 e. The molecule has 0 saturated carbocycles. The molecule has 4 nitrogen and oxygen atoms in total. The number of ether oxygens (including phenoxy) is 2. The largest absolute Gasteiger partial charge is 0.440 e. The number of rotatable bonds is 8. The van der Waals surface area contributed by atoms with E-state index in [-0.39, 0.29) is 0 Å². The molecule has 1 atom stereocenters. The molecule has 0 amide bonds. The zero-order valence-electron chi connectivity index (χ0n) is 14.6. The standard InChI is InChI=1S/C7H22O2Si3.C6H12O2/c1-10(2)8-12(6,7)9-11(3,4)5;1-2-3-7-4-6-5-8-6/h10H,1-7H3;6H,2-5H2,1H3. The van der Waals surface area contributed by atoms with Crippen molar-refractivity contribution in [2.45, 2.75) is 65.3 Å². The van der Waals surface area contributed by atoms with Crippen LogP contribution in [0.3, 0.4) is 0 Å². The first-order chi connectivity index (χ1) is 9.06. The Bertz CT molecular complexity index is 250. The third-order valence-corrected chi connectivity index (χ3v) is 10.7. The minimum atomic E-state index is -1.78. The number of hydrogen-bond acceptors (Lipinski definition) is 4. The smallest absolute Gasteiger partial charge is 0.310 e. The van der Waals surface area contributed by atoms with Crippen LogP contribution in [-0.4, -0.2) is 51.8 Å². The molecule has 1 unspecified atom stereocenters. The van der Waals surface area contributed by atoms with E-state index in [1.165, 1.54) is 0 Å². The molecule has 1 saturated heterocycles. The van der Waals surface area contributed by atoms with E-state index in [0.29, 0.717) is 6.10 Å². The van der Waals surface area contributed by atoms with E-state index in [2.05, 4.69) is 52.8 Å². The molecule has 7 heteroatoms. The Labute approximate surface area is 129 Å². The Kier molecular flexibility index (Phi) is 9.73. The molecule has 0 N–H and O–H groups in total. The summed E-state index contributed by atoms with van der Waals surface area (Å²) in [5.74, 6) is 0. The first kappa shape index (κ1) is 20.5. The lowest BCUT2D eigenvalue weighted by molar-refractivity contribution is 0.117. The molecular weight excluding hydrogens is 304 g/mol. The molecule has 20 heavy (non-hydrogen) atoms. The SMILES string of the molecule is CCCOCC1CO1.C[SiH](C)O[Si](C)(C)O[Si](C)(C)C. The van der Waals surface area contributed by atoms with Crippen molar-refractivity contribution >= 4 is 25.9 Å². The first-order valence-electron chi connectivity index (χ1n) is 7.63. The first-order valence-corrected chi connectivity index (χ1v) is 16.6. The van der Waals surface area contributed by atoms with Gasteiger partial charge in [-0.1, -0.05) is 6.92 Å². The van der Waals surface area contributed by atoms with Crippen molar-refractivity contribution in [1.29, 1.82) is 0 Å². The van der Waals surface area contributed by atoms with E-state index < -0.39 is 25.9 Å². The number of hydrogen-bond donors (Lipinski definition) is 0. The van der Waals surface area contributed by atoms with Crippen molar-refractivity contribution in [2.24, 2.45) is 0 Å². The summed E-state index contributed by atoms with van der Waals surface area (Å²) in [6.45, 7) is 20.0. The maximum absolute atomic E-state index is 6.03. The summed E-state index contributed by atoms with van der Waals surface area (Å²) in [6.07, 6.45) is 1.54. The highest BCUT2D eigenvalue weighted by Gasteiger charge is 2.31. The topological polar surface area (TPSA) is 40.2 Å². The van der Waals surface area contributed by atoms with Gasteiger partial charge in [0.25, 0.3) is 0 Å². The van der Waals surface area contributed by atoms with Gasteiger partial charge in [-0.05, 0) is 52.2 Å². The highest BCUT2D eigenvalue weighted by atomic mass is 28.5. The van der Waals surface area contributed by atoms with E-state index in [0.717, 1.165) is 26.2 Å². The van der Waals surface area contributed by atoms with E-state index in [1.54, 1.807) is 0 Å². The van der Waals surface area contributed by atoms with Crippen molar-refractivity contribution < 1.29 is 17.7 Å². The molecule has 0 aromatic carbocycles. The second-order valence-electron chi connectivity index (χ2n) is 6.81. The van der Waals surface area contributed by atoms with Gasteiger partial charge in [-0.25, -0.2) is 0 Å². The fourth-order valence-electron chi connectivity index (χ4n) is 1.85. The average molecular weight is 339 g/mol. The van der Waals surface area contributed by atoms with Crippen LogP contribution in [0.4, 0.5) is 0 Å². The van der Waals surface area contributed by atoms with Gasteiger partial charge in [0.2, 0.25) is 0 Å². The molecule has 1 aliphatic heterocycles. The fourth-order valence-corrected chi connectivity index (χ4v) is 12.9. The van der Waals surface area contributed by atoms with Crippen LogP contribution in [0.1, 0.15) is 13.3 Å². The van der Waals surface area contributed by atoms with E-state index in [9.17, 15) is 0 Å². The molecule has 1 rings (SSSR count). The summed E-state index contributed by atoms with van der Waals surface area (Å²) in [7, 11) is -4.10. The second-order valence-corrected chi connectivity index (χ2v) is 17.7. The molecular formula is C13H34O4Si3. The molecule has 0 aliphatic carbocycles. The van der Waals surface area contributed by atoms with E-state index in [4.69, 9.17) is 17.7 Å². The highest BCUT2D eigenvalue weighted by molar-refractivity contribution is 6.83. The van der Waals surface area contributed by atoms with Crippen molar-refractivity contribution in [3.05, 3.63) is 0 Å². The van der Waals surface area contributed by atoms with Crippen LogP contribution < -0.4 is 0 Å². The van der Waals surface area contributed by atoms with Crippen LogP contribution >= 0.6 is 0 Å². The molecule has 0 radical (unpaired) electrons. The van der Waals surface area contributed by atoms with Crippen LogP contribution in [0, 0.1) is 0 Å². The Morgan fingerprint density at radius 2 is 1.70 bits per heavy atom. The summed E-state index contributed by atoms with van der Waals surface area (Å²) in [5.41, 5.74) is 0. The molecule has 1 aliphatic rings. The monoisotopic (exact) mass is 338 g/mol. The second kappa shape index (κ2) is 9.50. The quantitative estimate of drug-likeness (QED) is 0.386. The normalized spacial score (nSPS) is 18.8. The summed E-state index contributed by atoms with van der Waals surface area (Å²) in [4.78, 5) is 0. The van der Waals surface area contributed by atoms with Gasteiger partial charge in [-0.15, -0.1) is 0 Å². The van der Waals surface area contributed by atoms with Crippen LogP contribution in [0.5, 0.6) is 0 Å². The number of epoxide rings is 1. The lowest BCUT2D eigenvalue weighted by Gasteiger charge is -2.32. The zero-order valence-corrected chi connectivity index (χ0v) is 17.8. The van der Waals surface area contributed by atoms with Gasteiger partial charge >= 0.3 is 8.56 Å². The van der Waals surface area contributed by atoms with Gasteiger partial charge in [0.15, 0.2) is 17.4 Å². The lowest BCUT2D eigenvalue weighted by atomic mass is 10.5. The molecule has 1 heterocycles. The van der Waals surface area contributed by atoms with Gasteiger partial charge in [-0.2, -0.15) is 0 Å². The molecule has 0 aromatic heterocycles. The summed E-state index contributed by atoms with van der Waals surface area (Å²) in [5, 5.41) is 0. The van der Waals surface area contributed by atoms with Gasteiger partial charge in [0.05, 0.1) is 13.2 Å². The molecule has 0 spiro atoms. The predicted octanol–water partition coefficient (Wildman–Crippen LogP) is 3.35. The van der Waals surface area contributed by atoms with Crippen LogP contribution in [0.25, 0.3) is 0 Å². The Morgan fingerprint density at radius 3 is 2.05 bits per heavy atom. The summed E-state index contributed by atoms with van der Waals surface area (Å²) >= 11 is 0. The Balaban J connectivity index is 0.000000388. The van der Waals surface area contributed by atoms with Crippen molar-refractivity contribution in [3.8, 4) is 0 Å². The van der Waals surface area contributed by atoms with Crippen molar-refractivity contribution in [3.63, 3.8) is 0 Å². The average Bonchev–Trinajstić information content (AvgIpc) is 2.96. The minimum absolute atomic E-state index is 0.432. The lowest BCUT2D eigenvalue weighted by Crippen LogP contribution is -2.46. The van der Waals surface area contributed by atoms with E-state index in [1.807, 2.05) is 0 Å². The zero-order chi connectivity index (χ0) is 15.8. The maximum atomic E-state index is 6.03. The molecule has 122 valence electrons. The van der Waals surface area contributed by atoms with Gasteiger partial charge in [-0.3, -0.25) is 0 Å². The van der Waals surface area contributed by atoms with E-state index >= 15 is 0 Å². The Hall–Kier alpha value is 0.491. The minimum Gasteiger partial charge on any atom is -0.440 e. The highest BCUT2D eigenvalue weighted by Crippen LogP contribution is 2.15. The summed E-state index contributed by atoms with van der Waals surface area (Å²) in [6, 6.07) is 0. The van der Waals surface area contributed by atoms with Gasteiger partial charge in [0, 0.05) is 6.61 Å². The molecule has 1 fully saturated rings. The third-order valence-electron chi connectivity index (χ3n) is 2.13. The fraction of sp³-hybridized carbons (Fsp3) is 1.00. The summed E-state index contributed by atoms with van der Waals surface area (Å²) < 4.78 is 22.0. The van der Waals surface area contributed by atoms with Crippen molar-refractivity contribution in [2.75, 3.05) is 19.8 Å². The van der Waals surface area contributed by atoms with Crippen LogP contribution in [0.15, 0.2) is 0 Å². The molecule has 0 bridgehead atoms. The van der Waals surface area contributed by atoms with Gasteiger partial charge < -0.3 is 17.7 Å². The Morgan fingerprint density at radius 1 is 1.15 bits per heavy atom.